The number of hydrogen-bond donors (Lipinski definition) is 1. The van der Waals surface area contributed by atoms with Gasteiger partial charge in [-0.3, -0.25) is 4.98 Å². The first kappa shape index (κ1) is 13.5. The maximum Gasteiger partial charge on any atom is 0.0649 e. The van der Waals surface area contributed by atoms with Gasteiger partial charge >= 0.3 is 0 Å². The number of rotatable bonds is 4. The number of aliphatic hydroxyl groups is 1. The standard InChI is InChI=1S/C16H25NO/c1-11(2)10-12(3)16(18)14-8-4-6-13-7-5-9-17-15(13)14/h5,7,9,11-12,14,16,18H,4,6,8,10H2,1-3H3. The minimum absolute atomic E-state index is 0.240. The Hall–Kier alpha value is -0.890. The van der Waals surface area contributed by atoms with Crippen LogP contribution in [0.1, 0.15) is 57.2 Å². The van der Waals surface area contributed by atoms with Gasteiger partial charge in [-0.2, -0.15) is 0 Å². The number of nitrogens with zero attached hydrogens (tertiary/aromatic N) is 1. The molecule has 3 atom stereocenters. The van der Waals surface area contributed by atoms with E-state index in [1.54, 1.807) is 0 Å². The number of aromatic nitrogens is 1. The molecule has 1 N–H and O–H groups in total. The van der Waals surface area contributed by atoms with Crippen LogP contribution in [0.15, 0.2) is 18.3 Å². The first-order valence-corrected chi connectivity index (χ1v) is 7.21. The van der Waals surface area contributed by atoms with E-state index in [1.165, 1.54) is 12.0 Å². The van der Waals surface area contributed by atoms with Crippen molar-refractivity contribution in [2.24, 2.45) is 11.8 Å². The molecule has 1 heterocycles. The Morgan fingerprint density at radius 1 is 1.39 bits per heavy atom. The number of hydrogen-bond acceptors (Lipinski definition) is 2. The van der Waals surface area contributed by atoms with Crippen molar-refractivity contribution in [1.29, 1.82) is 0 Å². The monoisotopic (exact) mass is 247 g/mol. The Balaban J connectivity index is 2.14. The fourth-order valence-electron chi connectivity index (χ4n) is 3.26. The van der Waals surface area contributed by atoms with Gasteiger partial charge in [0.2, 0.25) is 0 Å². The number of pyridine rings is 1. The molecule has 1 aromatic heterocycles. The number of aryl methyl sites for hydroxylation is 1. The third-order valence-corrected chi connectivity index (χ3v) is 4.08. The Morgan fingerprint density at radius 3 is 2.89 bits per heavy atom. The van der Waals surface area contributed by atoms with Gasteiger partial charge in [0.1, 0.15) is 0 Å². The minimum Gasteiger partial charge on any atom is -0.392 e. The van der Waals surface area contributed by atoms with Crippen molar-refractivity contribution >= 4 is 0 Å². The fraction of sp³-hybridized carbons (Fsp3) is 0.688. The normalized spacial score (nSPS) is 22.6. The molecule has 0 aromatic carbocycles. The lowest BCUT2D eigenvalue weighted by atomic mass is 9.77. The highest BCUT2D eigenvalue weighted by Gasteiger charge is 2.31. The molecular weight excluding hydrogens is 222 g/mol. The summed E-state index contributed by atoms with van der Waals surface area (Å²) in [6.45, 7) is 6.61. The Kier molecular flexibility index (Phi) is 4.39. The van der Waals surface area contributed by atoms with Crippen molar-refractivity contribution in [3.8, 4) is 0 Å². The molecule has 0 fully saturated rings. The first-order valence-electron chi connectivity index (χ1n) is 7.21. The molecule has 3 unspecified atom stereocenters. The van der Waals surface area contributed by atoms with E-state index >= 15 is 0 Å². The topological polar surface area (TPSA) is 33.1 Å². The molecule has 0 spiro atoms. The van der Waals surface area contributed by atoms with Gasteiger partial charge in [-0.15, -0.1) is 0 Å². The Bertz CT molecular complexity index is 388. The van der Waals surface area contributed by atoms with Crippen LogP contribution in [-0.2, 0) is 6.42 Å². The highest BCUT2D eigenvalue weighted by atomic mass is 16.3. The highest BCUT2D eigenvalue weighted by Crippen LogP contribution is 2.36. The third kappa shape index (κ3) is 2.92. The van der Waals surface area contributed by atoms with Crippen LogP contribution >= 0.6 is 0 Å². The zero-order valence-electron chi connectivity index (χ0n) is 11.8. The smallest absolute Gasteiger partial charge is 0.0649 e. The van der Waals surface area contributed by atoms with Crippen LogP contribution in [-0.4, -0.2) is 16.2 Å². The van der Waals surface area contributed by atoms with Gasteiger partial charge < -0.3 is 5.11 Å². The number of aliphatic hydroxyl groups excluding tert-OH is 1. The molecule has 0 saturated heterocycles. The van der Waals surface area contributed by atoms with Gasteiger partial charge in [-0.05, 0) is 49.1 Å². The average Bonchev–Trinajstić information content (AvgIpc) is 2.36. The first-order chi connectivity index (χ1) is 8.59. The molecule has 100 valence electrons. The Labute approximate surface area is 110 Å². The van der Waals surface area contributed by atoms with Crippen molar-refractivity contribution in [3.05, 3.63) is 29.6 Å². The second-order valence-electron chi connectivity index (χ2n) is 6.14. The summed E-state index contributed by atoms with van der Waals surface area (Å²) in [6, 6.07) is 4.17. The molecule has 2 nitrogen and oxygen atoms in total. The van der Waals surface area contributed by atoms with Gasteiger partial charge in [-0.1, -0.05) is 26.8 Å². The maximum atomic E-state index is 10.6. The second kappa shape index (κ2) is 5.83. The van der Waals surface area contributed by atoms with Crippen molar-refractivity contribution in [3.63, 3.8) is 0 Å². The quantitative estimate of drug-likeness (QED) is 0.882. The fourth-order valence-corrected chi connectivity index (χ4v) is 3.26. The molecule has 0 amide bonds. The minimum atomic E-state index is -0.249. The van der Waals surface area contributed by atoms with E-state index in [0.717, 1.165) is 25.0 Å². The van der Waals surface area contributed by atoms with E-state index in [2.05, 4.69) is 31.8 Å². The van der Waals surface area contributed by atoms with Gasteiger partial charge in [0.05, 0.1) is 6.10 Å². The van der Waals surface area contributed by atoms with E-state index in [0.29, 0.717) is 11.8 Å². The van der Waals surface area contributed by atoms with Gasteiger partial charge in [0.25, 0.3) is 0 Å². The zero-order chi connectivity index (χ0) is 13.1. The van der Waals surface area contributed by atoms with Crippen LogP contribution in [0.5, 0.6) is 0 Å². The van der Waals surface area contributed by atoms with Crippen molar-refractivity contribution in [2.75, 3.05) is 0 Å². The summed E-state index contributed by atoms with van der Waals surface area (Å²) < 4.78 is 0. The lowest BCUT2D eigenvalue weighted by Crippen LogP contribution is -2.30. The van der Waals surface area contributed by atoms with E-state index in [1.807, 2.05) is 12.3 Å². The number of fused-ring (bicyclic) bond motifs is 1. The van der Waals surface area contributed by atoms with Gasteiger partial charge in [-0.25, -0.2) is 0 Å². The van der Waals surface area contributed by atoms with E-state index in [4.69, 9.17) is 0 Å². The predicted molar refractivity (Wildman–Crippen MR) is 74.5 cm³/mol. The molecule has 2 rings (SSSR count). The SMILES string of the molecule is CC(C)CC(C)C(O)C1CCCc2cccnc21. The van der Waals surface area contributed by atoms with Gasteiger partial charge in [0, 0.05) is 17.8 Å². The van der Waals surface area contributed by atoms with Crippen molar-refractivity contribution in [2.45, 2.75) is 58.5 Å². The molecule has 0 saturated carbocycles. The summed E-state index contributed by atoms with van der Waals surface area (Å²) in [5.41, 5.74) is 2.48. The van der Waals surface area contributed by atoms with Crippen LogP contribution in [0.2, 0.25) is 0 Å². The van der Waals surface area contributed by atoms with E-state index < -0.39 is 0 Å². The third-order valence-electron chi connectivity index (χ3n) is 4.08. The summed E-state index contributed by atoms with van der Waals surface area (Å²) in [5, 5.41) is 10.6. The van der Waals surface area contributed by atoms with Gasteiger partial charge in [0.15, 0.2) is 0 Å². The Morgan fingerprint density at radius 2 is 2.17 bits per heavy atom. The summed E-state index contributed by atoms with van der Waals surface area (Å²) in [4.78, 5) is 4.52. The largest absolute Gasteiger partial charge is 0.392 e. The molecule has 0 aliphatic heterocycles. The predicted octanol–water partition coefficient (Wildman–Crippen LogP) is 3.54. The van der Waals surface area contributed by atoms with E-state index in [-0.39, 0.29) is 12.0 Å². The molecule has 18 heavy (non-hydrogen) atoms. The average molecular weight is 247 g/mol. The molecule has 1 aromatic rings. The molecule has 0 radical (unpaired) electrons. The zero-order valence-corrected chi connectivity index (χ0v) is 11.8. The lowest BCUT2D eigenvalue weighted by Gasteiger charge is -2.32. The van der Waals surface area contributed by atoms with Crippen LogP contribution in [0.3, 0.4) is 0 Å². The maximum absolute atomic E-state index is 10.6. The molecule has 0 bridgehead atoms. The highest BCUT2D eigenvalue weighted by molar-refractivity contribution is 5.27. The van der Waals surface area contributed by atoms with Crippen LogP contribution in [0.25, 0.3) is 0 Å². The second-order valence-corrected chi connectivity index (χ2v) is 6.14. The summed E-state index contributed by atoms with van der Waals surface area (Å²) in [7, 11) is 0. The van der Waals surface area contributed by atoms with Crippen LogP contribution in [0, 0.1) is 11.8 Å². The summed E-state index contributed by atoms with van der Waals surface area (Å²) in [6.07, 6.45) is 6.06. The van der Waals surface area contributed by atoms with Crippen molar-refractivity contribution < 1.29 is 5.11 Å². The molecular formula is C16H25NO. The van der Waals surface area contributed by atoms with Crippen LogP contribution < -0.4 is 0 Å². The molecule has 2 heteroatoms. The summed E-state index contributed by atoms with van der Waals surface area (Å²) >= 11 is 0. The molecule has 1 aliphatic carbocycles. The van der Waals surface area contributed by atoms with Crippen LogP contribution in [0.4, 0.5) is 0 Å². The van der Waals surface area contributed by atoms with E-state index in [9.17, 15) is 5.11 Å². The van der Waals surface area contributed by atoms with Crippen molar-refractivity contribution in [1.82, 2.24) is 4.98 Å². The lowest BCUT2D eigenvalue weighted by molar-refractivity contribution is 0.0702. The summed E-state index contributed by atoms with van der Waals surface area (Å²) in [5.74, 6) is 1.23. The molecule has 1 aliphatic rings.